The Balaban J connectivity index is 1.62. The van der Waals surface area contributed by atoms with Crippen LogP contribution < -0.4 is 5.32 Å². The molecule has 3 rings (SSSR count). The highest BCUT2D eigenvalue weighted by atomic mass is 15.0. The minimum Gasteiger partial charge on any atom is -0.310 e. The lowest BCUT2D eigenvalue weighted by Crippen LogP contribution is -2.43. The summed E-state index contributed by atoms with van der Waals surface area (Å²) in [6, 6.07) is 3.38. The van der Waals surface area contributed by atoms with Crippen molar-refractivity contribution in [3.05, 3.63) is 0 Å². The molecular formula is C14H22N2. The molecule has 88 valence electrons. The maximum Gasteiger partial charge on any atom is 0.0638 e. The van der Waals surface area contributed by atoms with Gasteiger partial charge in [-0.2, -0.15) is 5.26 Å². The molecule has 6 atom stereocenters. The van der Waals surface area contributed by atoms with E-state index in [9.17, 15) is 0 Å². The molecule has 6 unspecified atom stereocenters. The Bertz CT molecular complexity index is 306. The monoisotopic (exact) mass is 218 g/mol. The van der Waals surface area contributed by atoms with E-state index >= 15 is 0 Å². The molecule has 16 heavy (non-hydrogen) atoms. The fourth-order valence-corrected chi connectivity index (χ4v) is 4.82. The third-order valence-electron chi connectivity index (χ3n) is 5.32. The molecule has 3 aliphatic rings. The molecule has 0 saturated heterocycles. The van der Waals surface area contributed by atoms with Crippen LogP contribution >= 0.6 is 0 Å². The van der Waals surface area contributed by atoms with Gasteiger partial charge in [0.15, 0.2) is 0 Å². The first-order valence-electron chi connectivity index (χ1n) is 6.92. The van der Waals surface area contributed by atoms with Crippen molar-refractivity contribution in [1.29, 1.82) is 5.26 Å². The van der Waals surface area contributed by atoms with Crippen LogP contribution in [0, 0.1) is 35.0 Å². The van der Waals surface area contributed by atoms with Gasteiger partial charge in [-0.1, -0.05) is 6.42 Å². The molecule has 3 saturated carbocycles. The van der Waals surface area contributed by atoms with E-state index in [0.717, 1.165) is 29.7 Å². The topological polar surface area (TPSA) is 35.8 Å². The van der Waals surface area contributed by atoms with Gasteiger partial charge >= 0.3 is 0 Å². The first kappa shape index (κ1) is 10.6. The van der Waals surface area contributed by atoms with Crippen LogP contribution in [0.2, 0.25) is 0 Å². The highest BCUT2D eigenvalue weighted by Crippen LogP contribution is 2.58. The smallest absolute Gasteiger partial charge is 0.0638 e. The summed E-state index contributed by atoms with van der Waals surface area (Å²) in [6.07, 6.45) is 7.99. The third-order valence-corrected chi connectivity index (χ3v) is 5.32. The first-order valence-corrected chi connectivity index (χ1v) is 6.92. The van der Waals surface area contributed by atoms with Crippen molar-refractivity contribution in [3.8, 4) is 6.07 Å². The van der Waals surface area contributed by atoms with Crippen molar-refractivity contribution < 1.29 is 0 Å². The summed E-state index contributed by atoms with van der Waals surface area (Å²) >= 11 is 0. The molecule has 2 bridgehead atoms. The van der Waals surface area contributed by atoms with Gasteiger partial charge in [-0.25, -0.2) is 0 Å². The highest BCUT2D eigenvalue weighted by molar-refractivity contribution is 5.06. The van der Waals surface area contributed by atoms with Gasteiger partial charge < -0.3 is 5.32 Å². The van der Waals surface area contributed by atoms with Crippen molar-refractivity contribution in [3.63, 3.8) is 0 Å². The van der Waals surface area contributed by atoms with Gasteiger partial charge in [-0.3, -0.25) is 0 Å². The van der Waals surface area contributed by atoms with Crippen molar-refractivity contribution in [2.24, 2.45) is 23.7 Å². The number of nitrogens with zero attached hydrogens (tertiary/aromatic N) is 1. The van der Waals surface area contributed by atoms with E-state index in [2.05, 4.69) is 18.3 Å². The van der Waals surface area contributed by atoms with Crippen molar-refractivity contribution in [1.82, 2.24) is 5.32 Å². The van der Waals surface area contributed by atoms with E-state index in [4.69, 9.17) is 5.26 Å². The van der Waals surface area contributed by atoms with Gasteiger partial charge in [0.05, 0.1) is 12.5 Å². The van der Waals surface area contributed by atoms with Crippen molar-refractivity contribution >= 4 is 0 Å². The summed E-state index contributed by atoms with van der Waals surface area (Å²) in [4.78, 5) is 0. The summed E-state index contributed by atoms with van der Waals surface area (Å²) in [5.74, 6) is 4.07. The second kappa shape index (κ2) is 4.04. The molecule has 0 spiro atoms. The van der Waals surface area contributed by atoms with Gasteiger partial charge in [-0.15, -0.1) is 0 Å². The third kappa shape index (κ3) is 1.57. The fraction of sp³-hybridized carbons (Fsp3) is 0.929. The molecule has 0 aromatic rings. The predicted octanol–water partition coefficient (Wildman–Crippen LogP) is 2.70. The minimum atomic E-state index is 0.384. The van der Waals surface area contributed by atoms with Gasteiger partial charge in [-0.05, 0) is 56.3 Å². The van der Waals surface area contributed by atoms with Crippen LogP contribution in [0.15, 0.2) is 0 Å². The Kier molecular flexibility index (Phi) is 2.67. The second-order valence-electron chi connectivity index (χ2n) is 6.19. The lowest BCUT2D eigenvalue weighted by molar-refractivity contribution is 0.200. The molecule has 3 aliphatic carbocycles. The molecule has 0 heterocycles. The maximum atomic E-state index is 8.70. The molecule has 0 radical (unpaired) electrons. The van der Waals surface area contributed by atoms with Gasteiger partial charge in [0.1, 0.15) is 0 Å². The zero-order chi connectivity index (χ0) is 11.1. The maximum absolute atomic E-state index is 8.70. The lowest BCUT2D eigenvalue weighted by atomic mass is 9.79. The predicted molar refractivity (Wildman–Crippen MR) is 63.7 cm³/mol. The Morgan fingerprint density at radius 3 is 2.88 bits per heavy atom. The first-order chi connectivity index (χ1) is 7.79. The second-order valence-corrected chi connectivity index (χ2v) is 6.19. The van der Waals surface area contributed by atoms with E-state index in [-0.39, 0.29) is 0 Å². The zero-order valence-corrected chi connectivity index (χ0v) is 10.2. The fourth-order valence-electron chi connectivity index (χ4n) is 4.82. The average molecular weight is 218 g/mol. The Morgan fingerprint density at radius 1 is 1.25 bits per heavy atom. The molecule has 2 heteroatoms. The summed E-state index contributed by atoms with van der Waals surface area (Å²) in [6.45, 7) is 2.15. The summed E-state index contributed by atoms with van der Waals surface area (Å²) < 4.78 is 0. The van der Waals surface area contributed by atoms with Crippen LogP contribution in [-0.4, -0.2) is 12.1 Å². The SMILES string of the molecule is CC(CC#N)NC1CC2CC1C1CCCC21. The van der Waals surface area contributed by atoms with E-state index < -0.39 is 0 Å². The Labute approximate surface area is 98.4 Å². The van der Waals surface area contributed by atoms with E-state index in [1.54, 1.807) is 0 Å². The number of rotatable bonds is 3. The van der Waals surface area contributed by atoms with E-state index in [1.807, 2.05) is 0 Å². The number of hydrogen-bond donors (Lipinski definition) is 1. The van der Waals surface area contributed by atoms with Crippen molar-refractivity contribution in [2.75, 3.05) is 0 Å². The normalized spacial score (nSPS) is 46.6. The quantitative estimate of drug-likeness (QED) is 0.790. The molecule has 0 aliphatic heterocycles. The summed E-state index contributed by atoms with van der Waals surface area (Å²) in [5.41, 5.74) is 0. The molecular weight excluding hydrogens is 196 g/mol. The van der Waals surface area contributed by atoms with E-state index in [1.165, 1.54) is 32.1 Å². The van der Waals surface area contributed by atoms with Crippen LogP contribution in [0.3, 0.4) is 0 Å². The molecule has 0 amide bonds. The largest absolute Gasteiger partial charge is 0.310 e. The number of nitrogens with one attached hydrogen (secondary N) is 1. The molecule has 0 aromatic heterocycles. The average Bonchev–Trinajstić information content (AvgIpc) is 2.86. The molecule has 1 N–H and O–H groups in total. The lowest BCUT2D eigenvalue weighted by Gasteiger charge is -2.33. The summed E-state index contributed by atoms with van der Waals surface area (Å²) in [5, 5.41) is 12.4. The van der Waals surface area contributed by atoms with Crippen LogP contribution in [0.5, 0.6) is 0 Å². The van der Waals surface area contributed by atoms with Crippen molar-refractivity contribution in [2.45, 2.75) is 57.5 Å². The highest BCUT2D eigenvalue weighted by Gasteiger charge is 2.53. The van der Waals surface area contributed by atoms with Gasteiger partial charge in [0.2, 0.25) is 0 Å². The summed E-state index contributed by atoms with van der Waals surface area (Å²) in [7, 11) is 0. The number of hydrogen-bond acceptors (Lipinski definition) is 2. The van der Waals surface area contributed by atoms with Crippen LogP contribution in [-0.2, 0) is 0 Å². The van der Waals surface area contributed by atoms with Crippen LogP contribution in [0.1, 0.15) is 45.4 Å². The molecule has 3 fully saturated rings. The van der Waals surface area contributed by atoms with Gasteiger partial charge in [0, 0.05) is 12.1 Å². The standard InChI is InChI=1S/C14H22N2/c1-9(5-6-15)16-14-8-10-7-13(14)12-4-2-3-11(10)12/h9-14,16H,2-5,7-8H2,1H3. The minimum absolute atomic E-state index is 0.384. The Morgan fingerprint density at radius 2 is 2.06 bits per heavy atom. The van der Waals surface area contributed by atoms with E-state index in [0.29, 0.717) is 12.5 Å². The number of nitriles is 1. The number of fused-ring (bicyclic) bond motifs is 5. The zero-order valence-electron chi connectivity index (χ0n) is 10.2. The Hall–Kier alpha value is -0.550. The van der Waals surface area contributed by atoms with Crippen LogP contribution in [0.4, 0.5) is 0 Å². The molecule has 0 aromatic carbocycles. The van der Waals surface area contributed by atoms with Crippen LogP contribution in [0.25, 0.3) is 0 Å². The van der Waals surface area contributed by atoms with Gasteiger partial charge in [0.25, 0.3) is 0 Å². The molecule has 2 nitrogen and oxygen atoms in total.